The summed E-state index contributed by atoms with van der Waals surface area (Å²) in [5, 5.41) is 2.78. The maximum atomic E-state index is 14.1. The maximum absolute atomic E-state index is 14.1. The number of aromatic nitrogens is 1. The van der Waals surface area contributed by atoms with Crippen LogP contribution in [0.25, 0.3) is 11.1 Å². The minimum atomic E-state index is -4.73. The minimum Gasteiger partial charge on any atom is -0.394 e. The summed E-state index contributed by atoms with van der Waals surface area (Å²) >= 11 is 0. The second-order valence-corrected chi connectivity index (χ2v) is 10.4. The van der Waals surface area contributed by atoms with Gasteiger partial charge in [0, 0.05) is 34.7 Å². The molecule has 2 unspecified atom stereocenters. The molecule has 0 spiro atoms. The molecule has 0 aliphatic heterocycles. The summed E-state index contributed by atoms with van der Waals surface area (Å²) in [6, 6.07) is 11.8. The molecule has 7 nitrogen and oxygen atoms in total. The van der Waals surface area contributed by atoms with Gasteiger partial charge in [-0.25, -0.2) is 8.78 Å². The normalized spacial score (nSPS) is 18.3. The zero-order chi connectivity index (χ0) is 31.3. The number of allylic oxidation sites excluding steroid dienone is 2. The number of amides is 2. The fourth-order valence-corrected chi connectivity index (χ4v) is 5.20. The largest absolute Gasteiger partial charge is 0.431 e. The number of carbonyl (C=O) groups excluding carboxylic acids is 2. The van der Waals surface area contributed by atoms with Crippen LogP contribution in [0.2, 0.25) is 0 Å². The first-order valence-electron chi connectivity index (χ1n) is 13.5. The minimum absolute atomic E-state index is 0.0842. The van der Waals surface area contributed by atoms with Crippen LogP contribution in [-0.4, -0.2) is 35.2 Å². The third-order valence-electron chi connectivity index (χ3n) is 7.19. The topological polar surface area (TPSA) is 123 Å². The van der Waals surface area contributed by atoms with Crippen molar-refractivity contribution in [3.05, 3.63) is 101 Å². The van der Waals surface area contributed by atoms with Crippen LogP contribution in [0.4, 0.5) is 22.0 Å². The number of alkyl halides is 3. The summed E-state index contributed by atoms with van der Waals surface area (Å²) in [6.07, 6.45) is -2.16. The van der Waals surface area contributed by atoms with E-state index in [0.717, 1.165) is 18.2 Å². The number of benzene rings is 2. The van der Waals surface area contributed by atoms with E-state index >= 15 is 0 Å². The molecule has 0 radical (unpaired) electrons. The molecule has 5 N–H and O–H groups in total. The number of pyridine rings is 1. The molecule has 2 atom stereocenters. The van der Waals surface area contributed by atoms with Crippen molar-refractivity contribution in [2.24, 2.45) is 22.4 Å². The first kappa shape index (κ1) is 31.3. The van der Waals surface area contributed by atoms with Gasteiger partial charge in [0.1, 0.15) is 23.9 Å². The zero-order valence-corrected chi connectivity index (χ0v) is 23.2. The monoisotopic (exact) mass is 599 g/mol. The highest BCUT2D eigenvalue weighted by molar-refractivity contribution is 6.04. The Balaban J connectivity index is 1.70. The SMILES string of the molecule is CC1CCCC(=C(N)C(F)(F)F)C1=NCC(=O)NC(Cc1cc(F)cc(F)c1)c1ncccc1-c1cccc(C(N)=O)c1. The molecule has 226 valence electrons. The second-order valence-electron chi connectivity index (χ2n) is 10.4. The Labute approximate surface area is 244 Å². The molecule has 1 aromatic heterocycles. The highest BCUT2D eigenvalue weighted by Gasteiger charge is 2.37. The molecule has 4 rings (SSSR count). The number of primary amides is 1. The Morgan fingerprint density at radius 2 is 1.79 bits per heavy atom. The van der Waals surface area contributed by atoms with Gasteiger partial charge in [-0.3, -0.25) is 19.6 Å². The van der Waals surface area contributed by atoms with Crippen molar-refractivity contribution in [1.29, 1.82) is 0 Å². The third-order valence-corrected chi connectivity index (χ3v) is 7.19. The number of nitrogens with zero attached hydrogens (tertiary/aromatic N) is 2. The first-order chi connectivity index (χ1) is 20.3. The fraction of sp³-hybridized carbons (Fsp3) is 0.290. The number of nitrogens with one attached hydrogen (secondary N) is 1. The zero-order valence-electron chi connectivity index (χ0n) is 23.2. The molecule has 43 heavy (non-hydrogen) atoms. The van der Waals surface area contributed by atoms with Crippen molar-refractivity contribution in [3.8, 4) is 11.1 Å². The molecule has 1 saturated carbocycles. The average Bonchev–Trinajstić information content (AvgIpc) is 2.94. The average molecular weight is 600 g/mol. The van der Waals surface area contributed by atoms with Gasteiger partial charge in [-0.2, -0.15) is 13.2 Å². The van der Waals surface area contributed by atoms with Crippen LogP contribution in [0.5, 0.6) is 0 Å². The lowest BCUT2D eigenvalue weighted by atomic mass is 9.83. The summed E-state index contributed by atoms with van der Waals surface area (Å²) < 4.78 is 68.3. The van der Waals surface area contributed by atoms with E-state index in [1.54, 1.807) is 37.3 Å². The maximum Gasteiger partial charge on any atom is 0.431 e. The van der Waals surface area contributed by atoms with E-state index in [9.17, 15) is 31.5 Å². The lowest BCUT2D eigenvalue weighted by Crippen LogP contribution is -2.34. The van der Waals surface area contributed by atoms with Gasteiger partial charge in [0.2, 0.25) is 11.8 Å². The highest BCUT2D eigenvalue weighted by Crippen LogP contribution is 2.33. The lowest BCUT2D eigenvalue weighted by molar-refractivity contribution is -0.120. The molecule has 1 aliphatic rings. The molecule has 0 bridgehead atoms. The van der Waals surface area contributed by atoms with Gasteiger partial charge in [-0.15, -0.1) is 0 Å². The predicted molar refractivity (Wildman–Crippen MR) is 152 cm³/mol. The van der Waals surface area contributed by atoms with Gasteiger partial charge >= 0.3 is 6.18 Å². The summed E-state index contributed by atoms with van der Waals surface area (Å²) in [7, 11) is 0. The molecule has 1 fully saturated rings. The standard InChI is InChI=1S/C31H30F5N5O2/c1-17-5-2-8-24(29(37)31(34,35)36)27(17)40-16-26(42)41-25(13-18-11-21(32)15-22(33)12-18)28-23(9-4-10-39-28)19-6-3-7-20(14-19)30(38)43/h3-4,6-7,9-12,14-15,17,25H,2,5,8,13,16,37H2,1H3,(H2,38,43)(H,41,42). The van der Waals surface area contributed by atoms with Crippen molar-refractivity contribution in [3.63, 3.8) is 0 Å². The Kier molecular flexibility index (Phi) is 9.57. The van der Waals surface area contributed by atoms with Crippen molar-refractivity contribution >= 4 is 17.5 Å². The number of rotatable bonds is 8. The van der Waals surface area contributed by atoms with Gasteiger partial charge in [0.15, 0.2) is 0 Å². The van der Waals surface area contributed by atoms with Gasteiger partial charge in [0.25, 0.3) is 0 Å². The Morgan fingerprint density at radius 1 is 1.07 bits per heavy atom. The summed E-state index contributed by atoms with van der Waals surface area (Å²) in [4.78, 5) is 33.7. The van der Waals surface area contributed by atoms with Crippen LogP contribution in [0.15, 0.2) is 77.1 Å². The van der Waals surface area contributed by atoms with E-state index in [2.05, 4.69) is 15.3 Å². The van der Waals surface area contributed by atoms with Crippen molar-refractivity contribution < 1.29 is 31.5 Å². The van der Waals surface area contributed by atoms with E-state index in [0.29, 0.717) is 29.7 Å². The number of halogens is 5. The van der Waals surface area contributed by atoms with Crippen LogP contribution in [0.3, 0.4) is 0 Å². The van der Waals surface area contributed by atoms with E-state index in [-0.39, 0.29) is 41.2 Å². The quantitative estimate of drug-likeness (QED) is 0.293. The van der Waals surface area contributed by atoms with Crippen molar-refractivity contribution in [2.45, 2.75) is 44.8 Å². The molecular formula is C31H30F5N5O2. The predicted octanol–water partition coefficient (Wildman–Crippen LogP) is 5.56. The van der Waals surface area contributed by atoms with Crippen LogP contribution < -0.4 is 16.8 Å². The lowest BCUT2D eigenvalue weighted by Gasteiger charge is -2.26. The van der Waals surface area contributed by atoms with Crippen LogP contribution in [0.1, 0.15) is 53.8 Å². The van der Waals surface area contributed by atoms with Gasteiger partial charge in [-0.1, -0.05) is 25.1 Å². The van der Waals surface area contributed by atoms with E-state index in [1.807, 2.05) is 0 Å². The Morgan fingerprint density at radius 3 is 2.47 bits per heavy atom. The van der Waals surface area contributed by atoms with E-state index in [1.165, 1.54) is 12.3 Å². The molecule has 2 aromatic carbocycles. The number of hydrogen-bond acceptors (Lipinski definition) is 5. The van der Waals surface area contributed by atoms with Crippen molar-refractivity contribution in [1.82, 2.24) is 10.3 Å². The molecule has 2 amide bonds. The summed E-state index contributed by atoms with van der Waals surface area (Å²) in [5.74, 6) is -3.27. The molecular weight excluding hydrogens is 569 g/mol. The smallest absolute Gasteiger partial charge is 0.394 e. The van der Waals surface area contributed by atoms with Gasteiger partial charge < -0.3 is 16.8 Å². The first-order valence-corrected chi connectivity index (χ1v) is 13.5. The summed E-state index contributed by atoms with van der Waals surface area (Å²) in [5.41, 5.74) is 11.5. The number of nitrogens with two attached hydrogens (primary N) is 2. The van der Waals surface area contributed by atoms with E-state index in [4.69, 9.17) is 11.5 Å². The highest BCUT2D eigenvalue weighted by atomic mass is 19.4. The molecule has 0 saturated heterocycles. The molecule has 3 aromatic rings. The molecule has 1 heterocycles. The Bertz CT molecular complexity index is 1560. The van der Waals surface area contributed by atoms with Crippen LogP contribution >= 0.6 is 0 Å². The van der Waals surface area contributed by atoms with Crippen molar-refractivity contribution in [2.75, 3.05) is 6.54 Å². The second kappa shape index (κ2) is 13.1. The molecule has 12 heteroatoms. The number of aliphatic imine (C=N–C) groups is 1. The van der Waals surface area contributed by atoms with Gasteiger partial charge in [0.05, 0.1) is 11.7 Å². The number of carbonyl (C=O) groups is 2. The number of hydrogen-bond donors (Lipinski definition) is 3. The molecule has 1 aliphatic carbocycles. The third kappa shape index (κ3) is 7.82. The van der Waals surface area contributed by atoms with E-state index < -0.39 is 47.9 Å². The van der Waals surface area contributed by atoms with Gasteiger partial charge in [-0.05, 0) is 73.1 Å². The fourth-order valence-electron chi connectivity index (χ4n) is 5.20. The van der Waals surface area contributed by atoms with Crippen LogP contribution in [-0.2, 0) is 11.2 Å². The summed E-state index contributed by atoms with van der Waals surface area (Å²) in [6.45, 7) is 1.21. The Hall–Kier alpha value is -4.61. The van der Waals surface area contributed by atoms with Crippen LogP contribution in [0, 0.1) is 17.6 Å².